The summed E-state index contributed by atoms with van der Waals surface area (Å²) in [5, 5.41) is 6.63. The number of carbonyl (C=O) groups is 1. The smallest absolute Gasteiger partial charge is 0.357 e. The van der Waals surface area contributed by atoms with Gasteiger partial charge in [0, 0.05) is 27.8 Å². The summed E-state index contributed by atoms with van der Waals surface area (Å²) in [6, 6.07) is 9.37. The average Bonchev–Trinajstić information content (AvgIpc) is 3.40. The number of nitrogens with zero attached hydrogens (tertiary/aromatic N) is 4. The quantitative estimate of drug-likeness (QED) is 0.168. The number of ether oxygens (including phenoxy) is 1. The van der Waals surface area contributed by atoms with Gasteiger partial charge in [0.1, 0.15) is 0 Å². The highest BCUT2D eigenvalue weighted by molar-refractivity contribution is 8.01. The Hall–Kier alpha value is -2.39. The van der Waals surface area contributed by atoms with Gasteiger partial charge in [-0.3, -0.25) is 4.98 Å². The molecule has 0 saturated carbocycles. The molecule has 0 fully saturated rings. The Labute approximate surface area is 229 Å². The zero-order valence-electron chi connectivity index (χ0n) is 20.8. The highest BCUT2D eigenvalue weighted by atomic mass is 35.5. The topological polar surface area (TPSA) is 69.9 Å². The summed E-state index contributed by atoms with van der Waals surface area (Å²) in [6.45, 7) is 10.1. The van der Waals surface area contributed by atoms with Crippen LogP contribution < -0.4 is 0 Å². The van der Waals surface area contributed by atoms with Gasteiger partial charge in [0.2, 0.25) is 5.13 Å². The fraction of sp³-hybridized carbons (Fsp3) is 0.308. The zero-order chi connectivity index (χ0) is 26.1. The van der Waals surface area contributed by atoms with Crippen molar-refractivity contribution >= 4 is 52.3 Å². The van der Waals surface area contributed by atoms with Crippen molar-refractivity contribution in [2.45, 2.75) is 50.5 Å². The molecular weight excluding hydrogens is 535 g/mol. The van der Waals surface area contributed by atoms with Gasteiger partial charge in [-0.1, -0.05) is 54.5 Å². The second kappa shape index (κ2) is 10.9. The number of carbonyl (C=O) groups excluding carboxylic acids is 1. The van der Waals surface area contributed by atoms with Crippen molar-refractivity contribution < 1.29 is 9.53 Å². The van der Waals surface area contributed by atoms with E-state index in [4.69, 9.17) is 38.0 Å². The minimum atomic E-state index is -0.486. The van der Waals surface area contributed by atoms with Crippen LogP contribution in [0.2, 0.25) is 10.0 Å². The van der Waals surface area contributed by atoms with Gasteiger partial charge in [0.15, 0.2) is 5.69 Å². The van der Waals surface area contributed by atoms with Gasteiger partial charge in [-0.15, -0.1) is 11.8 Å². The molecule has 4 rings (SSSR count). The number of aromatic nitrogens is 4. The number of rotatable bonds is 7. The molecule has 1 aromatic carbocycles. The molecule has 0 saturated heterocycles. The third kappa shape index (κ3) is 5.32. The predicted molar refractivity (Wildman–Crippen MR) is 149 cm³/mol. The van der Waals surface area contributed by atoms with Gasteiger partial charge in [0.25, 0.3) is 0 Å². The van der Waals surface area contributed by atoms with Crippen LogP contribution in [0.15, 0.2) is 34.5 Å². The molecule has 188 valence electrons. The Balaban J connectivity index is 1.94. The van der Waals surface area contributed by atoms with Crippen LogP contribution in [0.1, 0.15) is 47.8 Å². The fourth-order valence-electron chi connectivity index (χ4n) is 3.83. The third-order valence-corrected chi connectivity index (χ3v) is 8.90. The first-order valence-electron chi connectivity index (χ1n) is 11.4. The largest absolute Gasteiger partial charge is 0.464 e. The van der Waals surface area contributed by atoms with Gasteiger partial charge >= 0.3 is 5.97 Å². The van der Waals surface area contributed by atoms with Crippen LogP contribution in [0.5, 0.6) is 0 Å². The number of hydrogen-bond acceptors (Lipinski definition) is 7. The molecule has 3 heterocycles. The van der Waals surface area contributed by atoms with E-state index >= 15 is 0 Å². The number of halogens is 2. The fourth-order valence-corrected chi connectivity index (χ4v) is 6.63. The van der Waals surface area contributed by atoms with Crippen LogP contribution in [0.4, 0.5) is 0 Å². The van der Waals surface area contributed by atoms with E-state index in [9.17, 15) is 4.79 Å². The molecule has 4 aromatic rings. The molecule has 0 aliphatic rings. The van der Waals surface area contributed by atoms with Crippen molar-refractivity contribution in [3.63, 3.8) is 0 Å². The second-order valence-corrected chi connectivity index (χ2v) is 11.9. The molecule has 0 N–H and O–H groups in total. The lowest BCUT2D eigenvalue weighted by Gasteiger charge is -2.08. The zero-order valence-corrected chi connectivity index (χ0v) is 24.0. The van der Waals surface area contributed by atoms with E-state index in [0.29, 0.717) is 37.4 Å². The molecule has 0 spiro atoms. The molecule has 0 aliphatic carbocycles. The number of benzene rings is 1. The summed E-state index contributed by atoms with van der Waals surface area (Å²) in [4.78, 5) is 22.5. The van der Waals surface area contributed by atoms with E-state index in [-0.39, 0.29) is 0 Å². The number of pyridine rings is 1. The third-order valence-electron chi connectivity index (χ3n) is 5.65. The maximum absolute atomic E-state index is 13.1. The van der Waals surface area contributed by atoms with Crippen LogP contribution in [0.25, 0.3) is 27.5 Å². The van der Waals surface area contributed by atoms with Crippen molar-refractivity contribution in [3.05, 3.63) is 63.2 Å². The number of esters is 1. The lowest BCUT2D eigenvalue weighted by Crippen LogP contribution is -2.11. The first-order chi connectivity index (χ1) is 17.1. The number of thiazole rings is 1. The Bertz CT molecular complexity index is 1430. The lowest BCUT2D eigenvalue weighted by molar-refractivity contribution is 0.0591. The van der Waals surface area contributed by atoms with Gasteiger partial charge in [0.05, 0.1) is 32.8 Å². The monoisotopic (exact) mass is 560 g/mol. The van der Waals surface area contributed by atoms with Gasteiger partial charge in [-0.25, -0.2) is 9.78 Å². The Morgan fingerprint density at radius 1 is 1.08 bits per heavy atom. The molecule has 1 unspecified atom stereocenters. The maximum atomic E-state index is 13.1. The molecule has 0 aliphatic heterocycles. The summed E-state index contributed by atoms with van der Waals surface area (Å²) < 4.78 is 7.80. The number of aryl methyl sites for hydroxylation is 3. The lowest BCUT2D eigenvalue weighted by atomic mass is 10.0. The molecule has 0 radical (unpaired) electrons. The molecule has 3 aromatic heterocycles. The maximum Gasteiger partial charge on any atom is 0.357 e. The van der Waals surface area contributed by atoms with E-state index in [1.165, 1.54) is 18.4 Å². The van der Waals surface area contributed by atoms with Crippen molar-refractivity contribution in [1.29, 1.82) is 0 Å². The molecule has 1 atom stereocenters. The predicted octanol–water partition coefficient (Wildman–Crippen LogP) is 7.97. The molecule has 0 bridgehead atoms. The van der Waals surface area contributed by atoms with E-state index in [2.05, 4.69) is 18.8 Å². The number of methoxy groups -OCH3 is 1. The van der Waals surface area contributed by atoms with Gasteiger partial charge in [-0.2, -0.15) is 9.78 Å². The molecule has 36 heavy (non-hydrogen) atoms. The van der Waals surface area contributed by atoms with E-state index < -0.39 is 5.97 Å². The minimum absolute atomic E-state index is 0.328. The number of thioether (sulfide) groups is 1. The Morgan fingerprint density at radius 3 is 2.39 bits per heavy atom. The van der Waals surface area contributed by atoms with Crippen LogP contribution in [0, 0.1) is 20.8 Å². The highest BCUT2D eigenvalue weighted by Crippen LogP contribution is 2.42. The normalized spacial score (nSPS) is 12.1. The second-order valence-electron chi connectivity index (χ2n) is 8.45. The number of hydrogen-bond donors (Lipinski definition) is 0. The van der Waals surface area contributed by atoms with Crippen LogP contribution in [-0.2, 0) is 4.74 Å². The van der Waals surface area contributed by atoms with Crippen molar-refractivity contribution in [2.75, 3.05) is 7.11 Å². The summed E-state index contributed by atoms with van der Waals surface area (Å²) in [6.07, 6.45) is 0.998. The average molecular weight is 562 g/mol. The summed E-state index contributed by atoms with van der Waals surface area (Å²) in [5.74, 6) is -0.486. The SMILES string of the molecule is CCC(C)Sc1sc(-n2nc(C)c(-c3cc(C)nc(C)c3)c2C(=O)OC)nc1-c1ccc(Cl)c(Cl)c1. The summed E-state index contributed by atoms with van der Waals surface area (Å²) in [7, 11) is 1.37. The van der Waals surface area contributed by atoms with Crippen LogP contribution in [-0.4, -0.2) is 38.1 Å². The minimum Gasteiger partial charge on any atom is -0.464 e. The van der Waals surface area contributed by atoms with Crippen molar-refractivity contribution in [3.8, 4) is 27.5 Å². The first-order valence-corrected chi connectivity index (χ1v) is 13.8. The van der Waals surface area contributed by atoms with Crippen molar-refractivity contribution in [2.24, 2.45) is 0 Å². The molecule has 0 amide bonds. The molecule has 10 heteroatoms. The molecule has 6 nitrogen and oxygen atoms in total. The van der Waals surface area contributed by atoms with E-state index in [1.54, 1.807) is 22.5 Å². The summed E-state index contributed by atoms with van der Waals surface area (Å²) >= 11 is 15.7. The van der Waals surface area contributed by atoms with Crippen LogP contribution >= 0.6 is 46.3 Å². The standard InChI is InChI=1S/C26H26Cl2N4O2S2/c1-7-15(4)35-25-22(17-8-9-19(27)20(28)12-17)30-26(36-25)32-23(24(33)34-6)21(16(5)31-32)18-10-13(2)29-14(3)11-18/h8-12,15H,7H2,1-6H3. The van der Waals surface area contributed by atoms with Crippen LogP contribution in [0.3, 0.4) is 0 Å². The van der Waals surface area contributed by atoms with Crippen molar-refractivity contribution in [1.82, 2.24) is 19.7 Å². The Morgan fingerprint density at radius 2 is 1.78 bits per heavy atom. The molecular formula is C26H26Cl2N4O2S2. The Kier molecular flexibility index (Phi) is 8.09. The van der Waals surface area contributed by atoms with Gasteiger partial charge in [-0.05, 0) is 57.0 Å². The van der Waals surface area contributed by atoms with E-state index in [1.807, 2.05) is 45.0 Å². The summed E-state index contributed by atoms with van der Waals surface area (Å²) in [5.41, 5.74) is 5.93. The first kappa shape index (κ1) is 26.7. The highest BCUT2D eigenvalue weighted by Gasteiger charge is 2.28. The van der Waals surface area contributed by atoms with Gasteiger partial charge < -0.3 is 4.74 Å². The van der Waals surface area contributed by atoms with E-state index in [0.717, 1.165) is 38.8 Å².